The second-order valence-corrected chi connectivity index (χ2v) is 4.28. The maximum absolute atomic E-state index is 11.6. The van der Waals surface area contributed by atoms with Crippen molar-refractivity contribution in [1.29, 1.82) is 0 Å². The summed E-state index contributed by atoms with van der Waals surface area (Å²) in [5, 5.41) is 4.01. The van der Waals surface area contributed by atoms with E-state index in [1.165, 1.54) is 28.1 Å². The molecule has 0 spiro atoms. The van der Waals surface area contributed by atoms with Gasteiger partial charge in [0.2, 0.25) is 0 Å². The predicted molar refractivity (Wildman–Crippen MR) is 67.9 cm³/mol. The summed E-state index contributed by atoms with van der Waals surface area (Å²) in [6, 6.07) is 7.59. The van der Waals surface area contributed by atoms with Gasteiger partial charge in [0.25, 0.3) is 5.56 Å². The number of hydrogen-bond acceptors (Lipinski definition) is 3. The first-order valence-electron chi connectivity index (χ1n) is 5.44. The molecule has 0 aliphatic heterocycles. The van der Waals surface area contributed by atoms with E-state index in [2.05, 4.69) is 23.3 Å². The lowest BCUT2D eigenvalue weighted by Crippen LogP contribution is -2.22. The minimum atomic E-state index is -0.177. The van der Waals surface area contributed by atoms with Gasteiger partial charge in [-0.2, -0.15) is 5.10 Å². The highest BCUT2D eigenvalue weighted by atomic mass is 16.1. The first-order chi connectivity index (χ1) is 8.04. The predicted octanol–water partition coefficient (Wildman–Crippen LogP) is 1.49. The van der Waals surface area contributed by atoms with Crippen LogP contribution in [0.1, 0.15) is 16.7 Å². The van der Waals surface area contributed by atoms with Gasteiger partial charge in [0.05, 0.1) is 18.4 Å². The number of nitrogens with zero attached hydrogens (tertiary/aromatic N) is 2. The van der Waals surface area contributed by atoms with Crippen LogP contribution < -0.4 is 11.3 Å². The van der Waals surface area contributed by atoms with Crippen molar-refractivity contribution in [2.75, 3.05) is 5.73 Å². The van der Waals surface area contributed by atoms with Crippen molar-refractivity contribution in [1.82, 2.24) is 9.78 Å². The average molecular weight is 229 g/mol. The van der Waals surface area contributed by atoms with Crippen LogP contribution in [0, 0.1) is 13.8 Å². The van der Waals surface area contributed by atoms with Gasteiger partial charge in [0.15, 0.2) is 0 Å². The molecule has 0 atom stereocenters. The molecule has 1 aromatic heterocycles. The van der Waals surface area contributed by atoms with Crippen LogP contribution in [-0.4, -0.2) is 9.78 Å². The summed E-state index contributed by atoms with van der Waals surface area (Å²) < 4.78 is 1.41. The zero-order valence-corrected chi connectivity index (χ0v) is 9.97. The number of aryl methyl sites for hydroxylation is 2. The van der Waals surface area contributed by atoms with E-state index in [1.54, 1.807) is 0 Å². The Labute approximate surface area is 99.7 Å². The maximum atomic E-state index is 11.6. The summed E-state index contributed by atoms with van der Waals surface area (Å²) in [5.74, 6) is 0. The lowest BCUT2D eigenvalue weighted by atomic mass is 10.1. The van der Waals surface area contributed by atoms with E-state index in [4.69, 9.17) is 5.73 Å². The zero-order valence-electron chi connectivity index (χ0n) is 9.97. The van der Waals surface area contributed by atoms with Crippen molar-refractivity contribution < 1.29 is 0 Å². The van der Waals surface area contributed by atoms with Crippen LogP contribution in [0.3, 0.4) is 0 Å². The van der Waals surface area contributed by atoms with Crippen LogP contribution in [0.25, 0.3) is 0 Å². The molecule has 0 saturated carbocycles. The fourth-order valence-corrected chi connectivity index (χ4v) is 1.90. The molecule has 2 N–H and O–H groups in total. The highest BCUT2D eigenvalue weighted by molar-refractivity contribution is 5.32. The summed E-state index contributed by atoms with van der Waals surface area (Å²) in [7, 11) is 0. The average Bonchev–Trinajstić information content (AvgIpc) is 2.21. The molecular weight excluding hydrogens is 214 g/mol. The summed E-state index contributed by atoms with van der Waals surface area (Å²) in [5.41, 5.74) is 9.15. The number of nitrogen functional groups attached to an aromatic ring is 1. The first-order valence-corrected chi connectivity index (χ1v) is 5.44. The molecule has 1 aromatic carbocycles. The van der Waals surface area contributed by atoms with Crippen molar-refractivity contribution in [3.8, 4) is 0 Å². The largest absolute Gasteiger partial charge is 0.397 e. The number of hydrogen-bond donors (Lipinski definition) is 1. The van der Waals surface area contributed by atoms with Crippen molar-refractivity contribution >= 4 is 5.69 Å². The second-order valence-electron chi connectivity index (χ2n) is 4.28. The van der Waals surface area contributed by atoms with Crippen LogP contribution in [0.15, 0.2) is 35.3 Å². The van der Waals surface area contributed by atoms with Gasteiger partial charge in [-0.3, -0.25) is 4.79 Å². The Morgan fingerprint density at radius 3 is 2.41 bits per heavy atom. The number of benzene rings is 1. The van der Waals surface area contributed by atoms with Crippen LogP contribution in [0.4, 0.5) is 5.69 Å². The lowest BCUT2D eigenvalue weighted by molar-refractivity contribution is 0.639. The molecule has 4 heteroatoms. The maximum Gasteiger partial charge on any atom is 0.269 e. The highest BCUT2D eigenvalue weighted by Gasteiger charge is 2.01. The second kappa shape index (κ2) is 4.41. The minimum Gasteiger partial charge on any atom is -0.397 e. The summed E-state index contributed by atoms with van der Waals surface area (Å²) >= 11 is 0. The quantitative estimate of drug-likeness (QED) is 0.848. The number of anilines is 1. The van der Waals surface area contributed by atoms with Gasteiger partial charge in [-0.25, -0.2) is 4.68 Å². The Hall–Kier alpha value is -2.10. The molecule has 0 saturated heterocycles. The van der Waals surface area contributed by atoms with E-state index in [-0.39, 0.29) is 5.56 Å². The van der Waals surface area contributed by atoms with Gasteiger partial charge in [-0.05, 0) is 19.4 Å². The molecule has 0 fully saturated rings. The van der Waals surface area contributed by atoms with Gasteiger partial charge in [0, 0.05) is 6.07 Å². The molecule has 0 radical (unpaired) electrons. The molecule has 0 aliphatic carbocycles. The Bertz CT molecular complexity index is 582. The van der Waals surface area contributed by atoms with Crippen molar-refractivity contribution in [2.45, 2.75) is 20.4 Å². The third-order valence-electron chi connectivity index (χ3n) is 2.50. The fraction of sp³-hybridized carbons (Fsp3) is 0.231. The van der Waals surface area contributed by atoms with E-state index < -0.39 is 0 Å². The fourth-order valence-electron chi connectivity index (χ4n) is 1.90. The number of aromatic nitrogens is 2. The third-order valence-corrected chi connectivity index (χ3v) is 2.50. The van der Waals surface area contributed by atoms with E-state index in [0.29, 0.717) is 12.2 Å². The standard InChI is InChI=1S/C13H15N3O/c1-9-3-10(2)5-11(4-9)8-16-13(17)6-12(14)7-15-16/h3-7H,8,14H2,1-2H3. The minimum absolute atomic E-state index is 0.177. The Morgan fingerprint density at radius 1 is 1.18 bits per heavy atom. The van der Waals surface area contributed by atoms with E-state index in [1.807, 2.05) is 13.8 Å². The summed E-state index contributed by atoms with van der Waals surface area (Å²) in [4.78, 5) is 11.6. The molecule has 2 rings (SSSR count). The highest BCUT2D eigenvalue weighted by Crippen LogP contribution is 2.09. The smallest absolute Gasteiger partial charge is 0.269 e. The summed E-state index contributed by atoms with van der Waals surface area (Å²) in [6.07, 6.45) is 1.49. The SMILES string of the molecule is Cc1cc(C)cc(Cn2ncc(N)cc2=O)c1. The Balaban J connectivity index is 2.34. The third kappa shape index (κ3) is 2.72. The number of rotatable bonds is 2. The number of nitrogens with two attached hydrogens (primary N) is 1. The molecule has 0 aliphatic rings. The molecule has 0 bridgehead atoms. The molecular formula is C13H15N3O. The topological polar surface area (TPSA) is 60.9 Å². The molecule has 4 nitrogen and oxygen atoms in total. The van der Waals surface area contributed by atoms with Crippen LogP contribution >= 0.6 is 0 Å². The van der Waals surface area contributed by atoms with E-state index in [9.17, 15) is 4.79 Å². The van der Waals surface area contributed by atoms with Crippen molar-refractivity contribution in [3.05, 3.63) is 57.5 Å². The Kier molecular flexibility index (Phi) is 2.95. The van der Waals surface area contributed by atoms with Gasteiger partial charge in [0.1, 0.15) is 0 Å². The molecule has 0 unspecified atom stereocenters. The summed E-state index contributed by atoms with van der Waals surface area (Å²) in [6.45, 7) is 4.55. The molecule has 2 aromatic rings. The molecule has 1 heterocycles. The molecule has 88 valence electrons. The zero-order chi connectivity index (χ0) is 12.4. The van der Waals surface area contributed by atoms with E-state index >= 15 is 0 Å². The van der Waals surface area contributed by atoms with E-state index in [0.717, 1.165) is 5.56 Å². The molecule has 0 amide bonds. The van der Waals surface area contributed by atoms with Crippen LogP contribution in [0.2, 0.25) is 0 Å². The first kappa shape index (κ1) is 11.4. The van der Waals surface area contributed by atoms with Gasteiger partial charge < -0.3 is 5.73 Å². The monoisotopic (exact) mass is 229 g/mol. The van der Waals surface area contributed by atoms with Gasteiger partial charge in [-0.1, -0.05) is 29.3 Å². The van der Waals surface area contributed by atoms with Gasteiger partial charge >= 0.3 is 0 Å². The Morgan fingerprint density at radius 2 is 1.82 bits per heavy atom. The van der Waals surface area contributed by atoms with Crippen LogP contribution in [0.5, 0.6) is 0 Å². The normalized spacial score (nSPS) is 10.5. The van der Waals surface area contributed by atoms with Crippen molar-refractivity contribution in [2.24, 2.45) is 0 Å². The lowest BCUT2D eigenvalue weighted by Gasteiger charge is -2.07. The van der Waals surface area contributed by atoms with Crippen LogP contribution in [-0.2, 0) is 6.54 Å². The van der Waals surface area contributed by atoms with Crippen molar-refractivity contribution in [3.63, 3.8) is 0 Å². The molecule has 17 heavy (non-hydrogen) atoms. The van der Waals surface area contributed by atoms with Gasteiger partial charge in [-0.15, -0.1) is 0 Å².